The maximum Gasteiger partial charge on any atom is 0.117 e. The molecule has 0 radical (unpaired) electrons. The molecule has 0 bridgehead atoms. The van der Waals surface area contributed by atoms with Gasteiger partial charge in [0.25, 0.3) is 0 Å². The normalized spacial score (nSPS) is 11.1. The fourth-order valence-electron chi connectivity index (χ4n) is 0.977. The van der Waals surface area contributed by atoms with Crippen molar-refractivity contribution in [2.75, 3.05) is 6.54 Å². The Kier molecular flexibility index (Phi) is 4.24. The second-order valence-electron chi connectivity index (χ2n) is 2.61. The van der Waals surface area contributed by atoms with Gasteiger partial charge < -0.3 is 9.73 Å². The zero-order valence-electron chi connectivity index (χ0n) is 7.42. The zero-order chi connectivity index (χ0) is 8.65. The number of hydrogen-bond acceptors (Lipinski definition) is 2. The molecule has 1 N–H and O–H groups in total. The van der Waals surface area contributed by atoms with E-state index in [2.05, 4.69) is 17.5 Å². The third kappa shape index (κ3) is 3.39. The van der Waals surface area contributed by atoms with Crippen molar-refractivity contribution in [1.82, 2.24) is 5.32 Å². The Hall–Kier alpha value is -1.02. The minimum atomic E-state index is 0.824. The molecular formula is C10H15NO. The molecule has 0 amide bonds. The molecule has 12 heavy (non-hydrogen) atoms. The first kappa shape index (κ1) is 9.07. The fraction of sp³-hybridized carbons (Fsp3) is 0.400. The van der Waals surface area contributed by atoms with Crippen LogP contribution < -0.4 is 5.32 Å². The second kappa shape index (κ2) is 5.61. The van der Waals surface area contributed by atoms with Crippen LogP contribution in [-0.4, -0.2) is 6.54 Å². The second-order valence-corrected chi connectivity index (χ2v) is 2.61. The highest BCUT2D eigenvalue weighted by molar-refractivity contribution is 4.97. The minimum absolute atomic E-state index is 0.824. The van der Waals surface area contributed by atoms with E-state index in [1.54, 1.807) is 6.26 Å². The quantitative estimate of drug-likeness (QED) is 0.535. The van der Waals surface area contributed by atoms with Gasteiger partial charge in [0.1, 0.15) is 5.76 Å². The lowest BCUT2D eigenvalue weighted by molar-refractivity contribution is 0.485. The average molecular weight is 165 g/mol. The predicted molar refractivity (Wildman–Crippen MR) is 49.8 cm³/mol. The third-order valence-electron chi connectivity index (χ3n) is 1.60. The highest BCUT2D eigenvalue weighted by atomic mass is 16.3. The minimum Gasteiger partial charge on any atom is -0.468 e. The van der Waals surface area contributed by atoms with Crippen molar-refractivity contribution in [3.8, 4) is 0 Å². The summed E-state index contributed by atoms with van der Waals surface area (Å²) in [6, 6.07) is 3.88. The number of furan rings is 1. The molecule has 0 aliphatic carbocycles. The van der Waals surface area contributed by atoms with Crippen molar-refractivity contribution in [3.63, 3.8) is 0 Å². The van der Waals surface area contributed by atoms with E-state index in [0.29, 0.717) is 0 Å². The van der Waals surface area contributed by atoms with Crippen LogP contribution in [0.2, 0.25) is 0 Å². The van der Waals surface area contributed by atoms with Crippen molar-refractivity contribution in [3.05, 3.63) is 36.3 Å². The van der Waals surface area contributed by atoms with E-state index in [0.717, 1.165) is 25.3 Å². The van der Waals surface area contributed by atoms with E-state index in [1.807, 2.05) is 19.1 Å². The van der Waals surface area contributed by atoms with Crippen LogP contribution in [0.5, 0.6) is 0 Å². The van der Waals surface area contributed by atoms with Gasteiger partial charge >= 0.3 is 0 Å². The summed E-state index contributed by atoms with van der Waals surface area (Å²) in [4.78, 5) is 0. The molecule has 1 rings (SSSR count). The molecule has 66 valence electrons. The SMILES string of the molecule is C/C=C/CCNCc1ccco1. The molecule has 2 heteroatoms. The van der Waals surface area contributed by atoms with E-state index < -0.39 is 0 Å². The lowest BCUT2D eigenvalue weighted by atomic mass is 10.3. The lowest BCUT2D eigenvalue weighted by Crippen LogP contribution is -2.13. The number of nitrogens with one attached hydrogen (secondary N) is 1. The van der Waals surface area contributed by atoms with Crippen LogP contribution in [0.25, 0.3) is 0 Å². The van der Waals surface area contributed by atoms with Gasteiger partial charge in [-0.1, -0.05) is 12.2 Å². The van der Waals surface area contributed by atoms with Crippen molar-refractivity contribution in [2.45, 2.75) is 19.9 Å². The summed E-state index contributed by atoms with van der Waals surface area (Å²) >= 11 is 0. The Morgan fingerprint density at radius 3 is 3.17 bits per heavy atom. The largest absolute Gasteiger partial charge is 0.468 e. The summed E-state index contributed by atoms with van der Waals surface area (Å²) in [5.41, 5.74) is 0. The van der Waals surface area contributed by atoms with Crippen LogP contribution in [0.1, 0.15) is 19.1 Å². The van der Waals surface area contributed by atoms with Gasteiger partial charge in [-0.3, -0.25) is 0 Å². The van der Waals surface area contributed by atoms with Crippen LogP contribution in [-0.2, 0) is 6.54 Å². The first-order valence-electron chi connectivity index (χ1n) is 4.27. The van der Waals surface area contributed by atoms with E-state index in [4.69, 9.17) is 4.42 Å². The fourth-order valence-corrected chi connectivity index (χ4v) is 0.977. The molecular weight excluding hydrogens is 150 g/mol. The summed E-state index contributed by atoms with van der Waals surface area (Å²) < 4.78 is 5.16. The van der Waals surface area contributed by atoms with Gasteiger partial charge in [0.15, 0.2) is 0 Å². The van der Waals surface area contributed by atoms with Crippen molar-refractivity contribution in [2.24, 2.45) is 0 Å². The first-order valence-corrected chi connectivity index (χ1v) is 4.27. The van der Waals surface area contributed by atoms with Crippen LogP contribution in [0.4, 0.5) is 0 Å². The zero-order valence-corrected chi connectivity index (χ0v) is 7.42. The first-order chi connectivity index (χ1) is 5.93. The highest BCUT2D eigenvalue weighted by Gasteiger charge is 1.91. The summed E-state index contributed by atoms with van der Waals surface area (Å²) in [6.07, 6.45) is 6.99. The van der Waals surface area contributed by atoms with Gasteiger partial charge in [0.2, 0.25) is 0 Å². The van der Waals surface area contributed by atoms with Crippen molar-refractivity contribution < 1.29 is 4.42 Å². The topological polar surface area (TPSA) is 25.2 Å². The van der Waals surface area contributed by atoms with Crippen LogP contribution in [0.15, 0.2) is 35.0 Å². The monoisotopic (exact) mass is 165 g/mol. The molecule has 0 spiro atoms. The van der Waals surface area contributed by atoms with Gasteiger partial charge in [-0.05, 0) is 32.0 Å². The molecule has 0 fully saturated rings. The number of hydrogen-bond donors (Lipinski definition) is 1. The molecule has 0 atom stereocenters. The van der Waals surface area contributed by atoms with Crippen molar-refractivity contribution in [1.29, 1.82) is 0 Å². The maximum absolute atomic E-state index is 5.16. The van der Waals surface area contributed by atoms with Gasteiger partial charge in [0.05, 0.1) is 12.8 Å². The smallest absolute Gasteiger partial charge is 0.117 e. The number of rotatable bonds is 5. The van der Waals surface area contributed by atoms with Gasteiger partial charge in [-0.15, -0.1) is 0 Å². The highest BCUT2D eigenvalue weighted by Crippen LogP contribution is 1.98. The van der Waals surface area contributed by atoms with Gasteiger partial charge in [0, 0.05) is 0 Å². The van der Waals surface area contributed by atoms with E-state index in [9.17, 15) is 0 Å². The molecule has 0 unspecified atom stereocenters. The molecule has 0 aliphatic rings. The Morgan fingerprint density at radius 1 is 1.58 bits per heavy atom. The Bertz CT molecular complexity index is 214. The molecule has 1 heterocycles. The molecule has 0 saturated heterocycles. The van der Waals surface area contributed by atoms with E-state index >= 15 is 0 Å². The molecule has 0 saturated carbocycles. The third-order valence-corrected chi connectivity index (χ3v) is 1.60. The standard InChI is InChI=1S/C10H15NO/c1-2-3-4-7-11-9-10-6-5-8-12-10/h2-3,5-6,8,11H,4,7,9H2,1H3/b3-2+. The molecule has 2 nitrogen and oxygen atoms in total. The van der Waals surface area contributed by atoms with E-state index in [-0.39, 0.29) is 0 Å². The number of allylic oxidation sites excluding steroid dienone is 1. The molecule has 0 aromatic carbocycles. The Morgan fingerprint density at radius 2 is 2.50 bits per heavy atom. The molecule has 1 aromatic rings. The molecule has 1 aromatic heterocycles. The van der Waals surface area contributed by atoms with E-state index in [1.165, 1.54) is 0 Å². The summed E-state index contributed by atoms with van der Waals surface area (Å²) in [5, 5.41) is 3.28. The lowest BCUT2D eigenvalue weighted by Gasteiger charge is -1.98. The average Bonchev–Trinajstić information content (AvgIpc) is 2.57. The Balaban J connectivity index is 2.03. The summed E-state index contributed by atoms with van der Waals surface area (Å²) in [6.45, 7) is 3.86. The van der Waals surface area contributed by atoms with Crippen LogP contribution in [0.3, 0.4) is 0 Å². The maximum atomic E-state index is 5.16. The van der Waals surface area contributed by atoms with Crippen LogP contribution >= 0.6 is 0 Å². The molecule has 0 aliphatic heterocycles. The summed E-state index contributed by atoms with van der Waals surface area (Å²) in [7, 11) is 0. The van der Waals surface area contributed by atoms with Gasteiger partial charge in [-0.25, -0.2) is 0 Å². The van der Waals surface area contributed by atoms with Crippen molar-refractivity contribution >= 4 is 0 Å². The Labute approximate surface area is 73.3 Å². The predicted octanol–water partition coefficient (Wildman–Crippen LogP) is 2.34. The van der Waals surface area contributed by atoms with Gasteiger partial charge in [-0.2, -0.15) is 0 Å². The van der Waals surface area contributed by atoms with Crippen LogP contribution in [0, 0.1) is 0 Å². The summed E-state index contributed by atoms with van der Waals surface area (Å²) in [5.74, 6) is 0.996.